The average molecular weight is 431 g/mol. The van der Waals surface area contributed by atoms with Crippen LogP contribution in [0.15, 0.2) is 0 Å². The van der Waals surface area contributed by atoms with Crippen molar-refractivity contribution in [1.82, 2.24) is 0 Å². The molecular formula is C25H56NO2Si+. The van der Waals surface area contributed by atoms with Crippen LogP contribution in [0.25, 0.3) is 0 Å². The molecule has 2 atom stereocenters. The molecule has 0 aromatic heterocycles. The lowest BCUT2D eigenvalue weighted by Gasteiger charge is -2.31. The molecule has 3 nitrogen and oxygen atoms in total. The van der Waals surface area contributed by atoms with Crippen LogP contribution >= 0.6 is 0 Å². The number of rotatable bonds is 22. The number of hydrogen-bond acceptors (Lipinski definition) is 2. The molecule has 4 heteroatoms. The maximum Gasteiger partial charge on any atom is 0.162 e. The lowest BCUT2D eigenvalue weighted by atomic mass is 10.0. The Labute approximate surface area is 186 Å². The number of unbranched alkanes of at least 4 members (excludes halogenated alkanes) is 15. The lowest BCUT2D eigenvalue weighted by Crippen LogP contribution is -2.42. The van der Waals surface area contributed by atoms with Gasteiger partial charge in [-0.2, -0.15) is 0 Å². The topological polar surface area (TPSA) is 40.5 Å². The monoisotopic (exact) mass is 430 g/mol. The van der Waals surface area contributed by atoms with E-state index in [1.54, 1.807) is 0 Å². The molecule has 0 aliphatic carbocycles. The zero-order chi connectivity index (χ0) is 21.8. The molecule has 0 saturated carbocycles. The highest BCUT2D eigenvalue weighted by Crippen LogP contribution is 2.18. The van der Waals surface area contributed by atoms with Crippen molar-refractivity contribution in [2.45, 2.75) is 135 Å². The molecule has 0 aliphatic rings. The van der Waals surface area contributed by atoms with Gasteiger partial charge in [-0.3, -0.25) is 0 Å². The van der Waals surface area contributed by atoms with E-state index in [-0.39, 0.29) is 11.6 Å². The summed E-state index contributed by atoms with van der Waals surface area (Å²) in [5, 5.41) is 9.70. The zero-order valence-electron chi connectivity index (χ0n) is 20.6. The fraction of sp³-hybridized carbons (Fsp3) is 1.00. The van der Waals surface area contributed by atoms with Gasteiger partial charge in [-0.25, -0.2) is 0 Å². The third-order valence-electron chi connectivity index (χ3n) is 6.64. The van der Waals surface area contributed by atoms with Crippen molar-refractivity contribution in [3.05, 3.63) is 0 Å². The van der Waals surface area contributed by atoms with Gasteiger partial charge in [0.2, 0.25) is 0 Å². The summed E-state index contributed by atoms with van der Waals surface area (Å²) >= 11 is 0. The minimum Gasteiger partial charge on any atom is -0.438 e. The SMILES string of the molecule is CCCCCCCCCCCCCCCCCC[N+](C)(C)CC[C@H]([SiH2]O)[C@@H](C)O. The van der Waals surface area contributed by atoms with Gasteiger partial charge in [0.15, 0.2) is 9.76 Å². The summed E-state index contributed by atoms with van der Waals surface area (Å²) < 4.78 is 1.02. The molecule has 0 rings (SSSR count). The molecule has 0 amide bonds. The largest absolute Gasteiger partial charge is 0.438 e. The van der Waals surface area contributed by atoms with Crippen LogP contribution in [0.3, 0.4) is 0 Å². The molecule has 0 aliphatic heterocycles. The van der Waals surface area contributed by atoms with E-state index in [2.05, 4.69) is 21.0 Å². The van der Waals surface area contributed by atoms with Gasteiger partial charge in [-0.1, -0.05) is 96.8 Å². The normalized spacial score (nSPS) is 14.7. The molecule has 0 radical (unpaired) electrons. The zero-order valence-corrected chi connectivity index (χ0v) is 22.1. The molecule has 0 bridgehead atoms. The van der Waals surface area contributed by atoms with Gasteiger partial charge in [0.25, 0.3) is 0 Å². The van der Waals surface area contributed by atoms with Crippen molar-refractivity contribution in [3.63, 3.8) is 0 Å². The second-order valence-electron chi connectivity index (χ2n) is 10.2. The first-order valence-electron chi connectivity index (χ1n) is 13.0. The highest BCUT2D eigenvalue weighted by molar-refractivity contribution is 6.28. The molecule has 0 aromatic rings. The molecule has 176 valence electrons. The van der Waals surface area contributed by atoms with E-state index in [9.17, 15) is 9.90 Å². The van der Waals surface area contributed by atoms with Gasteiger partial charge >= 0.3 is 0 Å². The number of hydrogen-bond donors (Lipinski definition) is 2. The van der Waals surface area contributed by atoms with Crippen LogP contribution in [0.1, 0.15) is 123 Å². The second-order valence-corrected chi connectivity index (χ2v) is 11.6. The molecular weight excluding hydrogens is 374 g/mol. The van der Waals surface area contributed by atoms with Crippen LogP contribution in [0.2, 0.25) is 5.54 Å². The Bertz CT molecular complexity index is 337. The van der Waals surface area contributed by atoms with Gasteiger partial charge in [0.1, 0.15) is 0 Å². The highest BCUT2D eigenvalue weighted by atomic mass is 28.2. The smallest absolute Gasteiger partial charge is 0.162 e. The number of nitrogens with zero attached hydrogens (tertiary/aromatic N) is 1. The first-order chi connectivity index (χ1) is 13.9. The first-order valence-corrected chi connectivity index (χ1v) is 14.5. The van der Waals surface area contributed by atoms with E-state index >= 15 is 0 Å². The van der Waals surface area contributed by atoms with E-state index in [1.165, 1.54) is 109 Å². The lowest BCUT2D eigenvalue weighted by molar-refractivity contribution is -0.890. The molecule has 0 fully saturated rings. The number of aliphatic hydroxyl groups is 1. The van der Waals surface area contributed by atoms with Gasteiger partial charge in [-0.15, -0.1) is 0 Å². The maximum atomic E-state index is 9.70. The minimum atomic E-state index is -1.10. The summed E-state index contributed by atoms with van der Waals surface area (Å²) in [7, 11) is 3.49. The van der Waals surface area contributed by atoms with Gasteiger partial charge in [0, 0.05) is 12.0 Å². The minimum absolute atomic E-state index is 0.165. The summed E-state index contributed by atoms with van der Waals surface area (Å²) in [4.78, 5) is 9.49. The van der Waals surface area contributed by atoms with E-state index in [4.69, 9.17) is 0 Å². The van der Waals surface area contributed by atoms with E-state index in [0.717, 1.165) is 17.4 Å². The predicted octanol–water partition coefficient (Wildman–Crippen LogP) is 5.96. The van der Waals surface area contributed by atoms with Crippen molar-refractivity contribution < 1.29 is 14.4 Å². The van der Waals surface area contributed by atoms with Gasteiger partial charge < -0.3 is 14.4 Å². The summed E-state index contributed by atoms with van der Waals surface area (Å²) in [6.45, 7) is 6.40. The molecule has 2 N–H and O–H groups in total. The van der Waals surface area contributed by atoms with Crippen LogP contribution < -0.4 is 0 Å². The Morgan fingerprint density at radius 2 is 1.03 bits per heavy atom. The summed E-state index contributed by atoms with van der Waals surface area (Å²) in [5.74, 6) is 0. The molecule has 0 saturated heterocycles. The molecule has 0 unspecified atom stereocenters. The van der Waals surface area contributed by atoms with E-state index in [0.29, 0.717) is 0 Å². The van der Waals surface area contributed by atoms with Crippen molar-refractivity contribution >= 4 is 9.76 Å². The Morgan fingerprint density at radius 1 is 0.655 bits per heavy atom. The third kappa shape index (κ3) is 19.8. The fourth-order valence-corrected chi connectivity index (χ4v) is 4.87. The van der Waals surface area contributed by atoms with Crippen molar-refractivity contribution in [2.75, 3.05) is 27.2 Å². The summed E-state index contributed by atoms with van der Waals surface area (Å²) in [5.41, 5.74) is 0.165. The van der Waals surface area contributed by atoms with Crippen LogP contribution in [0.5, 0.6) is 0 Å². The maximum absolute atomic E-state index is 9.70. The Hall–Kier alpha value is 0.0969. The van der Waals surface area contributed by atoms with Crippen LogP contribution in [-0.2, 0) is 0 Å². The molecule has 29 heavy (non-hydrogen) atoms. The molecule has 0 heterocycles. The summed E-state index contributed by atoms with van der Waals surface area (Å²) in [6.07, 6.45) is 23.3. The van der Waals surface area contributed by atoms with Gasteiger partial charge in [-0.05, 0) is 19.8 Å². The first kappa shape index (κ1) is 29.1. The van der Waals surface area contributed by atoms with Crippen LogP contribution in [0.4, 0.5) is 0 Å². The Kier molecular flexibility index (Phi) is 20.1. The standard InChI is InChI=1S/C25H56NO2Si/c1-5-6-7-8-9-10-11-12-13-14-15-16-17-18-19-20-22-26(3,4)23-21-25(29-28)24(2)27/h24-25,27-28H,5-23,29H2,1-4H3/q+1/t24-,25+/m1/s1. The van der Waals surface area contributed by atoms with Crippen LogP contribution in [0, 0.1) is 0 Å². The fourth-order valence-electron chi connectivity index (χ4n) is 4.20. The van der Waals surface area contributed by atoms with E-state index in [1.807, 2.05) is 6.92 Å². The van der Waals surface area contributed by atoms with Crippen LogP contribution in [-0.4, -0.2) is 57.4 Å². The van der Waals surface area contributed by atoms with E-state index < -0.39 is 9.76 Å². The number of aliphatic hydroxyl groups excluding tert-OH is 1. The third-order valence-corrected chi connectivity index (χ3v) is 8.20. The molecule has 0 spiro atoms. The Balaban J connectivity index is 3.37. The van der Waals surface area contributed by atoms with Gasteiger partial charge in [0.05, 0.1) is 33.3 Å². The quantitative estimate of drug-likeness (QED) is 0.126. The summed E-state index contributed by atoms with van der Waals surface area (Å²) in [6, 6.07) is 0. The second kappa shape index (κ2) is 20.0. The van der Waals surface area contributed by atoms with Crippen molar-refractivity contribution in [2.24, 2.45) is 0 Å². The number of quaternary nitrogens is 1. The predicted molar refractivity (Wildman–Crippen MR) is 132 cm³/mol. The average Bonchev–Trinajstić information content (AvgIpc) is 2.67. The highest BCUT2D eigenvalue weighted by Gasteiger charge is 2.21. The van der Waals surface area contributed by atoms with Crippen molar-refractivity contribution in [1.29, 1.82) is 0 Å². The Morgan fingerprint density at radius 3 is 1.38 bits per heavy atom. The molecule has 0 aromatic carbocycles. The van der Waals surface area contributed by atoms with Crippen molar-refractivity contribution in [3.8, 4) is 0 Å².